The number of hydrogen-bond acceptors (Lipinski definition) is 1. The molecule has 0 radical (unpaired) electrons. The van der Waals surface area contributed by atoms with E-state index in [1.807, 2.05) is 11.3 Å². The van der Waals surface area contributed by atoms with Crippen molar-refractivity contribution in [1.29, 1.82) is 0 Å². The van der Waals surface area contributed by atoms with Gasteiger partial charge in [0.1, 0.15) is 0 Å². The second kappa shape index (κ2) is 4.16. The van der Waals surface area contributed by atoms with Crippen molar-refractivity contribution in [3.63, 3.8) is 0 Å². The van der Waals surface area contributed by atoms with Crippen molar-refractivity contribution in [3.05, 3.63) is 31.1 Å². The number of benzene rings is 1. The van der Waals surface area contributed by atoms with Crippen LogP contribution < -0.4 is 0 Å². The van der Waals surface area contributed by atoms with Crippen molar-refractivity contribution in [3.8, 4) is 0 Å². The van der Waals surface area contributed by atoms with Crippen molar-refractivity contribution >= 4 is 75.9 Å². The van der Waals surface area contributed by atoms with E-state index in [0.29, 0.717) is 0 Å². The molecule has 0 N–H and O–H groups in total. The number of thiophene rings is 1. The minimum absolute atomic E-state index is 0.930. The van der Waals surface area contributed by atoms with Crippen LogP contribution in [0.5, 0.6) is 0 Å². The van der Waals surface area contributed by atoms with Gasteiger partial charge >= 0.3 is 0 Å². The van der Waals surface area contributed by atoms with E-state index in [4.69, 9.17) is 0 Å². The van der Waals surface area contributed by atoms with Gasteiger partial charge in [0.2, 0.25) is 0 Å². The van der Waals surface area contributed by atoms with E-state index in [2.05, 4.69) is 72.0 Å². The van der Waals surface area contributed by atoms with Crippen LogP contribution in [0, 0.1) is 3.57 Å². The molecular formula is C9H5Br2IS. The predicted octanol–water partition coefficient (Wildman–Crippen LogP) is 5.16. The summed E-state index contributed by atoms with van der Waals surface area (Å²) < 4.78 is 3.86. The molecule has 13 heavy (non-hydrogen) atoms. The van der Waals surface area contributed by atoms with Crippen molar-refractivity contribution in [2.24, 2.45) is 0 Å². The predicted molar refractivity (Wildman–Crippen MR) is 74.9 cm³/mol. The number of alkyl halides is 1. The first-order chi connectivity index (χ1) is 6.22. The zero-order valence-corrected chi connectivity index (χ0v) is 12.6. The topological polar surface area (TPSA) is 0 Å². The van der Waals surface area contributed by atoms with Crippen LogP contribution in [0.3, 0.4) is 0 Å². The molecule has 1 aromatic carbocycles. The molecule has 0 amide bonds. The Hall–Kier alpha value is 0.870. The van der Waals surface area contributed by atoms with E-state index in [9.17, 15) is 0 Å². The first-order valence-electron chi connectivity index (χ1n) is 3.63. The summed E-state index contributed by atoms with van der Waals surface area (Å²) in [6, 6.07) is 4.34. The van der Waals surface area contributed by atoms with Crippen LogP contribution in [0.4, 0.5) is 0 Å². The van der Waals surface area contributed by atoms with Gasteiger partial charge in [0, 0.05) is 18.1 Å². The summed E-state index contributed by atoms with van der Waals surface area (Å²) in [6.07, 6.45) is 0. The molecule has 0 aliphatic heterocycles. The van der Waals surface area contributed by atoms with Gasteiger partial charge in [-0.05, 0) is 51.1 Å². The highest BCUT2D eigenvalue weighted by Crippen LogP contribution is 2.33. The molecule has 1 heterocycles. The standard InChI is InChI=1S/C9H5Br2IS/c10-3-5-4-13-9-7(5)1-6(11)2-8(9)12/h1-2,4H,3H2. The Kier molecular flexibility index (Phi) is 3.33. The Bertz CT molecular complexity index is 450. The molecule has 0 atom stereocenters. The van der Waals surface area contributed by atoms with E-state index in [1.54, 1.807) is 0 Å². The minimum Gasteiger partial charge on any atom is -0.142 e. The number of rotatable bonds is 1. The molecule has 1 aromatic heterocycles. The van der Waals surface area contributed by atoms with Crippen molar-refractivity contribution in [1.82, 2.24) is 0 Å². The number of fused-ring (bicyclic) bond motifs is 1. The fourth-order valence-corrected chi connectivity index (χ4v) is 4.75. The number of hydrogen-bond donors (Lipinski definition) is 0. The lowest BCUT2D eigenvalue weighted by molar-refractivity contribution is 1.54. The number of halogens is 3. The summed E-state index contributed by atoms with van der Waals surface area (Å²) in [4.78, 5) is 0. The lowest BCUT2D eigenvalue weighted by atomic mass is 10.2. The molecule has 0 spiro atoms. The average molecular weight is 432 g/mol. The first-order valence-corrected chi connectivity index (χ1v) is 7.50. The van der Waals surface area contributed by atoms with E-state index in [0.717, 1.165) is 9.80 Å². The highest BCUT2D eigenvalue weighted by molar-refractivity contribution is 14.1. The van der Waals surface area contributed by atoms with Gasteiger partial charge in [-0.3, -0.25) is 0 Å². The maximum atomic E-state index is 3.52. The molecule has 0 bridgehead atoms. The Labute approximate surface area is 111 Å². The first kappa shape index (κ1) is 10.4. The Morgan fingerprint density at radius 2 is 2.15 bits per heavy atom. The Balaban J connectivity index is 2.82. The summed E-state index contributed by atoms with van der Waals surface area (Å²) in [5.74, 6) is 0. The maximum absolute atomic E-state index is 3.52. The largest absolute Gasteiger partial charge is 0.142 e. The zero-order valence-electron chi connectivity index (χ0n) is 6.48. The quantitative estimate of drug-likeness (QED) is 0.432. The van der Waals surface area contributed by atoms with E-state index in [-0.39, 0.29) is 0 Å². The second-order valence-corrected chi connectivity index (χ2v) is 6.18. The van der Waals surface area contributed by atoms with Crippen molar-refractivity contribution in [2.45, 2.75) is 5.33 Å². The van der Waals surface area contributed by atoms with Crippen LogP contribution in [-0.2, 0) is 5.33 Å². The third-order valence-electron chi connectivity index (χ3n) is 1.82. The molecule has 2 aromatic rings. The van der Waals surface area contributed by atoms with Crippen LogP contribution in [0.25, 0.3) is 10.1 Å². The summed E-state index contributed by atoms with van der Waals surface area (Å²) >= 11 is 11.2. The summed E-state index contributed by atoms with van der Waals surface area (Å²) in [5, 5.41) is 4.51. The Morgan fingerprint density at radius 1 is 1.38 bits per heavy atom. The molecule has 4 heteroatoms. The van der Waals surface area contributed by atoms with Gasteiger partial charge in [-0.1, -0.05) is 31.9 Å². The fourth-order valence-electron chi connectivity index (χ4n) is 1.22. The third-order valence-corrected chi connectivity index (χ3v) is 5.17. The minimum atomic E-state index is 0.930. The van der Waals surface area contributed by atoms with Crippen molar-refractivity contribution < 1.29 is 0 Å². The van der Waals surface area contributed by atoms with Crippen LogP contribution in [0.1, 0.15) is 5.56 Å². The van der Waals surface area contributed by atoms with Gasteiger partial charge in [-0.25, -0.2) is 0 Å². The van der Waals surface area contributed by atoms with Crippen LogP contribution >= 0.6 is 65.8 Å². The molecule has 0 saturated heterocycles. The SMILES string of the molecule is BrCc1csc2c(I)cc(Br)cc12. The van der Waals surface area contributed by atoms with Gasteiger partial charge in [-0.15, -0.1) is 11.3 Å². The van der Waals surface area contributed by atoms with E-state index < -0.39 is 0 Å². The molecule has 2 rings (SSSR count). The highest BCUT2D eigenvalue weighted by atomic mass is 127. The summed E-state index contributed by atoms with van der Waals surface area (Å²) in [6.45, 7) is 0. The third kappa shape index (κ3) is 1.96. The van der Waals surface area contributed by atoms with Crippen LogP contribution in [0.2, 0.25) is 0 Å². The van der Waals surface area contributed by atoms with E-state index in [1.165, 1.54) is 19.2 Å². The lowest BCUT2D eigenvalue weighted by Gasteiger charge is -1.97. The smallest absolute Gasteiger partial charge is 0.0480 e. The summed E-state index contributed by atoms with van der Waals surface area (Å²) in [7, 11) is 0. The molecule has 0 fully saturated rings. The molecule has 0 saturated carbocycles. The maximum Gasteiger partial charge on any atom is 0.0480 e. The highest BCUT2D eigenvalue weighted by Gasteiger charge is 2.06. The van der Waals surface area contributed by atoms with Gasteiger partial charge in [0.15, 0.2) is 0 Å². The fraction of sp³-hybridized carbons (Fsp3) is 0.111. The van der Waals surface area contributed by atoms with Gasteiger partial charge in [0.25, 0.3) is 0 Å². The van der Waals surface area contributed by atoms with Gasteiger partial charge < -0.3 is 0 Å². The van der Waals surface area contributed by atoms with E-state index >= 15 is 0 Å². The van der Waals surface area contributed by atoms with Crippen molar-refractivity contribution in [2.75, 3.05) is 0 Å². The Morgan fingerprint density at radius 3 is 2.85 bits per heavy atom. The molecule has 0 aliphatic carbocycles. The van der Waals surface area contributed by atoms with Crippen LogP contribution in [-0.4, -0.2) is 0 Å². The van der Waals surface area contributed by atoms with Gasteiger partial charge in [0.05, 0.1) is 0 Å². The summed E-state index contributed by atoms with van der Waals surface area (Å²) in [5.41, 5.74) is 1.37. The van der Waals surface area contributed by atoms with Crippen LogP contribution in [0.15, 0.2) is 22.0 Å². The molecule has 0 unspecified atom stereocenters. The van der Waals surface area contributed by atoms with Gasteiger partial charge in [-0.2, -0.15) is 0 Å². The molecule has 0 nitrogen and oxygen atoms in total. The average Bonchev–Trinajstić information content (AvgIpc) is 2.47. The molecule has 0 aliphatic rings. The second-order valence-electron chi connectivity index (χ2n) is 2.66. The molecule has 68 valence electrons. The molecular weight excluding hydrogens is 427 g/mol. The zero-order chi connectivity index (χ0) is 9.42. The monoisotopic (exact) mass is 430 g/mol. The lowest BCUT2D eigenvalue weighted by Crippen LogP contribution is -1.76. The normalized spacial score (nSPS) is 11.0.